The summed E-state index contributed by atoms with van der Waals surface area (Å²) < 4.78 is 10.8. The van der Waals surface area contributed by atoms with E-state index in [1.54, 1.807) is 20.8 Å². The van der Waals surface area contributed by atoms with E-state index in [-0.39, 0.29) is 25.5 Å². The topological polar surface area (TPSA) is 84.9 Å². The molecule has 0 bridgehead atoms. The highest BCUT2D eigenvalue weighted by atomic mass is 16.6. The van der Waals surface area contributed by atoms with Gasteiger partial charge in [0.15, 0.2) is 0 Å². The van der Waals surface area contributed by atoms with E-state index in [2.05, 4.69) is 5.32 Å². The van der Waals surface area contributed by atoms with Gasteiger partial charge in [-0.1, -0.05) is 32.0 Å². The van der Waals surface area contributed by atoms with E-state index in [9.17, 15) is 14.7 Å². The molecule has 0 aromatic heterocycles. The largest absolute Gasteiger partial charge is 0.494 e. The van der Waals surface area contributed by atoms with Gasteiger partial charge in [-0.15, -0.1) is 0 Å². The zero-order valence-electron chi connectivity index (χ0n) is 15.7. The Morgan fingerprint density at radius 3 is 2.24 bits per heavy atom. The van der Waals surface area contributed by atoms with Crippen LogP contribution in [0, 0.1) is 11.3 Å². The zero-order valence-corrected chi connectivity index (χ0v) is 15.7. The number of carbonyl (C=O) groups excluding carboxylic acids is 1. The van der Waals surface area contributed by atoms with Crippen molar-refractivity contribution in [1.29, 1.82) is 0 Å². The normalized spacial score (nSPS) is 13.8. The van der Waals surface area contributed by atoms with E-state index in [4.69, 9.17) is 9.47 Å². The first kappa shape index (κ1) is 20.8. The van der Waals surface area contributed by atoms with Crippen LogP contribution in [0.2, 0.25) is 0 Å². The Morgan fingerprint density at radius 2 is 1.76 bits per heavy atom. The Labute approximate surface area is 149 Å². The molecular weight excluding hydrogens is 322 g/mol. The summed E-state index contributed by atoms with van der Waals surface area (Å²) in [5.74, 6) is -0.472. The lowest BCUT2D eigenvalue weighted by molar-refractivity contribution is -0.152. The van der Waals surface area contributed by atoms with Gasteiger partial charge >= 0.3 is 12.1 Å². The van der Waals surface area contributed by atoms with Gasteiger partial charge in [-0.3, -0.25) is 4.79 Å². The van der Waals surface area contributed by atoms with Crippen molar-refractivity contribution in [3.63, 3.8) is 0 Å². The molecule has 6 nitrogen and oxygen atoms in total. The quantitative estimate of drug-likeness (QED) is 0.746. The number of hydrogen-bond donors (Lipinski definition) is 2. The highest BCUT2D eigenvalue weighted by Gasteiger charge is 2.42. The molecular formula is C19H29NO5. The van der Waals surface area contributed by atoms with Crippen molar-refractivity contribution in [2.75, 3.05) is 13.2 Å². The maximum absolute atomic E-state index is 12.0. The Hall–Kier alpha value is -2.24. The van der Waals surface area contributed by atoms with Crippen molar-refractivity contribution < 1.29 is 24.2 Å². The van der Waals surface area contributed by atoms with Gasteiger partial charge in [0.2, 0.25) is 0 Å². The molecule has 1 unspecified atom stereocenters. The Bertz CT molecular complexity index is 565. The summed E-state index contributed by atoms with van der Waals surface area (Å²) in [6, 6.07) is 9.22. The maximum Gasteiger partial charge on any atom is 0.407 e. The first-order valence-electron chi connectivity index (χ1n) is 8.45. The first-order valence-corrected chi connectivity index (χ1v) is 8.45. The summed E-state index contributed by atoms with van der Waals surface area (Å²) >= 11 is 0. The van der Waals surface area contributed by atoms with Crippen molar-refractivity contribution in [1.82, 2.24) is 5.32 Å². The smallest absolute Gasteiger partial charge is 0.407 e. The van der Waals surface area contributed by atoms with Gasteiger partial charge in [0.25, 0.3) is 0 Å². The van der Waals surface area contributed by atoms with Crippen LogP contribution in [-0.2, 0) is 9.53 Å². The van der Waals surface area contributed by atoms with Crippen LogP contribution in [0.5, 0.6) is 5.75 Å². The van der Waals surface area contributed by atoms with E-state index in [1.165, 1.54) is 0 Å². The third-order valence-corrected chi connectivity index (χ3v) is 4.04. The zero-order chi connectivity index (χ0) is 19.1. The molecule has 1 amide bonds. The summed E-state index contributed by atoms with van der Waals surface area (Å²) in [6.45, 7) is 9.14. The van der Waals surface area contributed by atoms with Gasteiger partial charge in [0.05, 0.1) is 12.0 Å². The monoisotopic (exact) mass is 351 g/mol. The van der Waals surface area contributed by atoms with Crippen LogP contribution in [0.1, 0.15) is 41.0 Å². The van der Waals surface area contributed by atoms with Crippen LogP contribution < -0.4 is 10.1 Å². The summed E-state index contributed by atoms with van der Waals surface area (Å²) in [4.78, 5) is 23.8. The predicted octanol–water partition coefficient (Wildman–Crippen LogP) is 3.71. The number of ether oxygens (including phenoxy) is 2. The van der Waals surface area contributed by atoms with E-state index in [0.717, 1.165) is 0 Å². The fraction of sp³-hybridized carbons (Fsp3) is 0.579. The third-order valence-electron chi connectivity index (χ3n) is 4.04. The number of benzene rings is 1. The molecule has 0 fully saturated rings. The molecule has 0 aliphatic heterocycles. The van der Waals surface area contributed by atoms with Gasteiger partial charge < -0.3 is 19.9 Å². The highest BCUT2D eigenvalue weighted by Crippen LogP contribution is 2.32. The molecule has 0 aliphatic rings. The third kappa shape index (κ3) is 6.64. The number of rotatable bonds is 8. The number of para-hydroxylation sites is 1. The standard InChI is InChI=1S/C19H29NO5/c1-14(2)19(16(21)22,13-20-17(23)25-18(3,4)5)11-12-24-15-9-7-6-8-10-15/h6-10,14H,11-13H2,1-5H3,(H,20,23)(H,21,22). The SMILES string of the molecule is CC(C)C(CCOc1ccccc1)(CNC(=O)OC(C)(C)C)C(=O)O. The minimum Gasteiger partial charge on any atom is -0.494 e. The molecule has 1 aromatic carbocycles. The van der Waals surface area contributed by atoms with Gasteiger partial charge in [-0.2, -0.15) is 0 Å². The minimum atomic E-state index is -1.13. The summed E-state index contributed by atoms with van der Waals surface area (Å²) in [5.41, 5.74) is -1.77. The minimum absolute atomic E-state index is 0.0208. The van der Waals surface area contributed by atoms with Gasteiger partial charge in [-0.05, 0) is 45.2 Å². The number of carboxylic acids is 1. The molecule has 25 heavy (non-hydrogen) atoms. The van der Waals surface area contributed by atoms with Crippen LogP contribution in [0.15, 0.2) is 30.3 Å². The van der Waals surface area contributed by atoms with Crippen molar-refractivity contribution in [3.8, 4) is 5.75 Å². The summed E-state index contributed by atoms with van der Waals surface area (Å²) in [5, 5.41) is 12.4. The second kappa shape index (κ2) is 8.74. The van der Waals surface area contributed by atoms with E-state index in [0.29, 0.717) is 5.75 Å². The fourth-order valence-corrected chi connectivity index (χ4v) is 2.42. The molecule has 0 saturated carbocycles. The van der Waals surface area contributed by atoms with Crippen molar-refractivity contribution in [3.05, 3.63) is 30.3 Å². The fourth-order valence-electron chi connectivity index (χ4n) is 2.42. The molecule has 0 saturated heterocycles. The van der Waals surface area contributed by atoms with Crippen molar-refractivity contribution in [2.24, 2.45) is 11.3 Å². The number of carbonyl (C=O) groups is 2. The Morgan fingerprint density at radius 1 is 1.16 bits per heavy atom. The van der Waals surface area contributed by atoms with Crippen LogP contribution in [0.3, 0.4) is 0 Å². The second-order valence-electron chi connectivity index (χ2n) is 7.38. The average Bonchev–Trinajstić information content (AvgIpc) is 2.49. The first-order chi connectivity index (χ1) is 11.6. The molecule has 2 N–H and O–H groups in total. The van der Waals surface area contributed by atoms with Gasteiger partial charge in [0, 0.05) is 6.54 Å². The van der Waals surface area contributed by atoms with Crippen LogP contribution in [0.25, 0.3) is 0 Å². The Balaban J connectivity index is 2.73. The number of alkyl carbamates (subject to hydrolysis) is 1. The molecule has 1 aromatic rings. The second-order valence-corrected chi connectivity index (χ2v) is 7.38. The van der Waals surface area contributed by atoms with Crippen molar-refractivity contribution in [2.45, 2.75) is 46.6 Å². The highest BCUT2D eigenvalue weighted by molar-refractivity contribution is 5.76. The number of nitrogens with one attached hydrogen (secondary N) is 1. The van der Waals surface area contributed by atoms with E-state index in [1.807, 2.05) is 44.2 Å². The predicted molar refractivity (Wildman–Crippen MR) is 95.7 cm³/mol. The number of aliphatic carboxylic acids is 1. The van der Waals surface area contributed by atoms with Crippen LogP contribution in [-0.4, -0.2) is 35.9 Å². The van der Waals surface area contributed by atoms with Crippen LogP contribution in [0.4, 0.5) is 4.79 Å². The molecule has 0 spiro atoms. The summed E-state index contributed by atoms with van der Waals surface area (Å²) in [6.07, 6.45) is -0.354. The number of hydrogen-bond acceptors (Lipinski definition) is 4. The molecule has 140 valence electrons. The lowest BCUT2D eigenvalue weighted by atomic mass is 9.74. The van der Waals surface area contributed by atoms with Crippen molar-refractivity contribution >= 4 is 12.1 Å². The lowest BCUT2D eigenvalue weighted by Gasteiger charge is -2.33. The molecule has 0 radical (unpaired) electrons. The van der Waals surface area contributed by atoms with Gasteiger partial charge in [-0.25, -0.2) is 4.79 Å². The number of carboxylic acid groups (broad SMARTS) is 1. The molecule has 0 aliphatic carbocycles. The molecule has 0 heterocycles. The summed E-state index contributed by atoms with van der Waals surface area (Å²) in [7, 11) is 0. The average molecular weight is 351 g/mol. The molecule has 1 rings (SSSR count). The van der Waals surface area contributed by atoms with Gasteiger partial charge in [0.1, 0.15) is 11.4 Å². The van der Waals surface area contributed by atoms with E-state index < -0.39 is 23.1 Å². The number of amides is 1. The van der Waals surface area contributed by atoms with Crippen LogP contribution >= 0.6 is 0 Å². The maximum atomic E-state index is 12.0. The Kier molecular flexibility index (Phi) is 7.27. The van der Waals surface area contributed by atoms with E-state index >= 15 is 0 Å². The lowest BCUT2D eigenvalue weighted by Crippen LogP contribution is -2.48. The molecule has 1 atom stereocenters. The molecule has 6 heteroatoms.